The summed E-state index contributed by atoms with van der Waals surface area (Å²) in [5, 5.41) is 6.76. The summed E-state index contributed by atoms with van der Waals surface area (Å²) in [6, 6.07) is 10.1. The molecule has 2 heterocycles. The van der Waals surface area contributed by atoms with E-state index in [2.05, 4.69) is 32.5 Å². The van der Waals surface area contributed by atoms with Crippen molar-refractivity contribution in [3.05, 3.63) is 47.7 Å². The number of halogens is 2. The van der Waals surface area contributed by atoms with Crippen molar-refractivity contribution >= 4 is 17.2 Å². The van der Waals surface area contributed by atoms with Gasteiger partial charge < -0.3 is 15.4 Å². The van der Waals surface area contributed by atoms with Gasteiger partial charge in [-0.15, -0.1) is 0 Å². The summed E-state index contributed by atoms with van der Waals surface area (Å²) in [4.78, 5) is 4.36. The van der Waals surface area contributed by atoms with Gasteiger partial charge in [0, 0.05) is 18.3 Å². The van der Waals surface area contributed by atoms with E-state index < -0.39 is 6.61 Å². The number of pyridine rings is 1. The Kier molecular flexibility index (Phi) is 3.61. The Bertz CT molecular complexity index is 723. The van der Waals surface area contributed by atoms with Crippen LogP contribution in [0.15, 0.2) is 36.5 Å². The van der Waals surface area contributed by atoms with E-state index >= 15 is 0 Å². The second-order valence-corrected chi connectivity index (χ2v) is 5.99. The lowest BCUT2D eigenvalue weighted by Crippen LogP contribution is -2.03. The summed E-state index contributed by atoms with van der Waals surface area (Å²) in [5.41, 5.74) is 4.27. The van der Waals surface area contributed by atoms with Gasteiger partial charge in [0.25, 0.3) is 0 Å². The Morgan fingerprint density at radius 3 is 3.04 bits per heavy atom. The minimum absolute atomic E-state index is 0.125. The van der Waals surface area contributed by atoms with Crippen molar-refractivity contribution in [2.24, 2.45) is 5.92 Å². The highest BCUT2D eigenvalue weighted by Crippen LogP contribution is 2.49. The molecule has 1 saturated carbocycles. The zero-order valence-corrected chi connectivity index (χ0v) is 12.4. The first-order chi connectivity index (χ1) is 11.2. The second-order valence-electron chi connectivity index (χ2n) is 5.99. The fraction of sp³-hybridized carbons (Fsp3) is 0.353. The number of anilines is 3. The first-order valence-electron chi connectivity index (χ1n) is 7.69. The highest BCUT2D eigenvalue weighted by Gasteiger charge is 2.39. The third kappa shape index (κ3) is 2.99. The number of hydrogen-bond acceptors (Lipinski definition) is 4. The maximum absolute atomic E-state index is 12.1. The number of aromatic nitrogens is 1. The Morgan fingerprint density at radius 1 is 1.26 bits per heavy atom. The smallest absolute Gasteiger partial charge is 0.345 e. The lowest BCUT2D eigenvalue weighted by atomic mass is 10.1. The van der Waals surface area contributed by atoms with Crippen LogP contribution < -0.4 is 10.6 Å². The zero-order chi connectivity index (χ0) is 15.8. The number of rotatable bonds is 4. The number of benzene rings is 1. The van der Waals surface area contributed by atoms with Gasteiger partial charge in [-0.05, 0) is 42.0 Å². The number of alkyl halides is 2. The van der Waals surface area contributed by atoms with E-state index in [9.17, 15) is 8.78 Å². The molecule has 2 aliphatic rings. The van der Waals surface area contributed by atoms with Gasteiger partial charge in [-0.3, -0.25) is 0 Å². The molecule has 0 spiro atoms. The molecular formula is C17H17F2N3O. The minimum atomic E-state index is -2.68. The molecular weight excluding hydrogens is 300 g/mol. The highest BCUT2D eigenvalue weighted by atomic mass is 19.3. The van der Waals surface area contributed by atoms with Crippen LogP contribution in [0.25, 0.3) is 0 Å². The number of nitrogens with one attached hydrogen (secondary N) is 2. The van der Waals surface area contributed by atoms with Gasteiger partial charge in [0.1, 0.15) is 5.82 Å². The third-order valence-corrected chi connectivity index (χ3v) is 4.44. The Morgan fingerprint density at radius 2 is 2.17 bits per heavy atom. The number of nitrogens with zero attached hydrogens (tertiary/aromatic N) is 1. The summed E-state index contributed by atoms with van der Waals surface area (Å²) in [6.07, 6.45) is 2.67. The van der Waals surface area contributed by atoms with Crippen LogP contribution in [0.5, 0.6) is 0 Å². The molecule has 1 aromatic carbocycles. The Balaban J connectivity index is 1.50. The van der Waals surface area contributed by atoms with Crippen molar-refractivity contribution in [2.45, 2.75) is 25.5 Å². The summed E-state index contributed by atoms with van der Waals surface area (Å²) in [7, 11) is 0. The van der Waals surface area contributed by atoms with Crippen molar-refractivity contribution in [1.82, 2.24) is 4.98 Å². The van der Waals surface area contributed by atoms with Gasteiger partial charge in [-0.2, -0.15) is 8.78 Å². The van der Waals surface area contributed by atoms with Crippen LogP contribution >= 0.6 is 0 Å². The standard InChI is InChI=1S/C17H17F2N3O/c18-17(19)23-9-12-6-13(12)10-3-4-14-15(7-10)21-8-11-2-1-5-20-16(11)22-14/h1-5,7,12-13,17,21H,6,8-9H2,(H,20,22). The number of hydrogen-bond donors (Lipinski definition) is 2. The third-order valence-electron chi connectivity index (χ3n) is 4.44. The lowest BCUT2D eigenvalue weighted by Gasteiger charge is -2.11. The topological polar surface area (TPSA) is 46.2 Å². The molecule has 23 heavy (non-hydrogen) atoms. The summed E-state index contributed by atoms with van der Waals surface area (Å²) < 4.78 is 28.6. The van der Waals surface area contributed by atoms with Gasteiger partial charge in [0.2, 0.25) is 0 Å². The van der Waals surface area contributed by atoms with Crippen LogP contribution in [-0.4, -0.2) is 18.2 Å². The summed E-state index contributed by atoms with van der Waals surface area (Å²) in [6.45, 7) is -1.85. The summed E-state index contributed by atoms with van der Waals surface area (Å²) >= 11 is 0. The average molecular weight is 317 g/mol. The Labute approximate surface area is 132 Å². The van der Waals surface area contributed by atoms with Gasteiger partial charge in [0.15, 0.2) is 0 Å². The first-order valence-corrected chi connectivity index (χ1v) is 7.69. The van der Waals surface area contributed by atoms with Gasteiger partial charge >= 0.3 is 6.61 Å². The van der Waals surface area contributed by atoms with E-state index in [1.54, 1.807) is 6.20 Å². The summed E-state index contributed by atoms with van der Waals surface area (Å²) in [5.74, 6) is 1.37. The molecule has 0 radical (unpaired) electrons. The van der Waals surface area contributed by atoms with Crippen molar-refractivity contribution in [1.29, 1.82) is 0 Å². The fourth-order valence-corrected chi connectivity index (χ4v) is 3.10. The zero-order valence-electron chi connectivity index (χ0n) is 12.4. The molecule has 2 N–H and O–H groups in total. The maximum Gasteiger partial charge on any atom is 0.345 e. The van der Waals surface area contributed by atoms with E-state index in [-0.39, 0.29) is 12.5 Å². The van der Waals surface area contributed by atoms with Gasteiger partial charge in [0.05, 0.1) is 18.0 Å². The Hall–Kier alpha value is -2.21. The highest BCUT2D eigenvalue weighted by molar-refractivity contribution is 5.77. The minimum Gasteiger partial charge on any atom is -0.379 e. The van der Waals surface area contributed by atoms with Crippen molar-refractivity contribution < 1.29 is 13.5 Å². The second kappa shape index (κ2) is 5.77. The van der Waals surface area contributed by atoms with E-state index in [0.717, 1.165) is 29.2 Å². The predicted octanol–water partition coefficient (Wildman–Crippen LogP) is 4.09. The van der Waals surface area contributed by atoms with Gasteiger partial charge in [-0.1, -0.05) is 12.1 Å². The molecule has 1 aliphatic carbocycles. The van der Waals surface area contributed by atoms with Crippen LogP contribution in [0.4, 0.5) is 26.0 Å². The molecule has 0 saturated heterocycles. The molecule has 0 amide bonds. The normalized spacial score (nSPS) is 21.7. The van der Waals surface area contributed by atoms with Crippen molar-refractivity contribution in [3.63, 3.8) is 0 Å². The molecule has 0 bridgehead atoms. The molecule has 1 aliphatic heterocycles. The largest absolute Gasteiger partial charge is 0.379 e. The predicted molar refractivity (Wildman–Crippen MR) is 84.1 cm³/mol. The van der Waals surface area contributed by atoms with Crippen molar-refractivity contribution in [2.75, 3.05) is 17.2 Å². The van der Waals surface area contributed by atoms with Crippen LogP contribution in [-0.2, 0) is 11.3 Å². The lowest BCUT2D eigenvalue weighted by molar-refractivity contribution is -0.132. The molecule has 1 fully saturated rings. The molecule has 2 aromatic rings. The number of ether oxygens (including phenoxy) is 1. The monoisotopic (exact) mass is 317 g/mol. The van der Waals surface area contributed by atoms with Crippen LogP contribution in [0.1, 0.15) is 23.5 Å². The van der Waals surface area contributed by atoms with Crippen LogP contribution in [0.2, 0.25) is 0 Å². The van der Waals surface area contributed by atoms with Gasteiger partial charge in [-0.25, -0.2) is 4.98 Å². The van der Waals surface area contributed by atoms with E-state index in [1.165, 1.54) is 5.56 Å². The molecule has 2 unspecified atom stereocenters. The molecule has 1 aromatic heterocycles. The quantitative estimate of drug-likeness (QED) is 0.891. The SMILES string of the molecule is FC(F)OCC1CC1c1ccc2c(c1)NCc1cccnc1N2. The number of fused-ring (bicyclic) bond motifs is 2. The van der Waals surface area contributed by atoms with Crippen molar-refractivity contribution in [3.8, 4) is 0 Å². The van der Waals surface area contributed by atoms with Crippen LogP contribution in [0.3, 0.4) is 0 Å². The van der Waals surface area contributed by atoms with Crippen LogP contribution in [0, 0.1) is 5.92 Å². The maximum atomic E-state index is 12.1. The van der Waals surface area contributed by atoms with E-state index in [0.29, 0.717) is 12.5 Å². The molecule has 120 valence electrons. The molecule has 4 nitrogen and oxygen atoms in total. The molecule has 4 rings (SSSR count). The molecule has 6 heteroatoms. The molecule has 2 atom stereocenters. The first kappa shape index (κ1) is 14.4. The fourth-order valence-electron chi connectivity index (χ4n) is 3.10. The van der Waals surface area contributed by atoms with E-state index in [1.807, 2.05) is 18.2 Å². The van der Waals surface area contributed by atoms with E-state index in [4.69, 9.17) is 0 Å². The average Bonchev–Trinajstić information content (AvgIpc) is 3.34.